The van der Waals surface area contributed by atoms with E-state index in [4.69, 9.17) is 4.74 Å². The molecule has 1 aromatic heterocycles. The van der Waals surface area contributed by atoms with Crippen LogP contribution in [0.1, 0.15) is 23.1 Å². The molecule has 0 saturated heterocycles. The molecule has 2 heteroatoms. The van der Waals surface area contributed by atoms with Crippen molar-refractivity contribution in [2.75, 3.05) is 7.11 Å². The smallest absolute Gasteiger partial charge is 0.122 e. The molecule has 3 rings (SSSR count). The van der Waals surface area contributed by atoms with Gasteiger partial charge in [-0.05, 0) is 66.5 Å². The van der Waals surface area contributed by atoms with Crippen molar-refractivity contribution < 1.29 is 4.74 Å². The van der Waals surface area contributed by atoms with Crippen LogP contribution in [0.4, 0.5) is 0 Å². The number of fused-ring (bicyclic) bond motifs is 1. The first-order valence-electron chi connectivity index (χ1n) is 6.90. The Hall–Kier alpha value is -1.83. The number of hydrogen-bond donors (Lipinski definition) is 0. The van der Waals surface area contributed by atoms with E-state index in [9.17, 15) is 0 Å². The van der Waals surface area contributed by atoms with E-state index in [0.717, 1.165) is 30.9 Å². The molecular formula is C17H19NO. The molecule has 0 saturated carbocycles. The van der Waals surface area contributed by atoms with Crippen molar-refractivity contribution in [2.24, 2.45) is 5.92 Å². The molecule has 2 nitrogen and oxygen atoms in total. The zero-order valence-electron chi connectivity index (χ0n) is 11.3. The standard InChI is InChI=1S/C17H19NO/c1-19-17-4-2-3-15-12-14(5-6-16(15)17)11-13-7-9-18-10-8-13/h2-4,7-10,14H,5-6,11-12H2,1H3/t14-/m1/s1. The summed E-state index contributed by atoms with van der Waals surface area (Å²) in [7, 11) is 1.76. The van der Waals surface area contributed by atoms with Crippen molar-refractivity contribution in [3.63, 3.8) is 0 Å². The summed E-state index contributed by atoms with van der Waals surface area (Å²) < 4.78 is 5.46. The van der Waals surface area contributed by atoms with Gasteiger partial charge in [-0.1, -0.05) is 12.1 Å². The number of hydrogen-bond acceptors (Lipinski definition) is 2. The topological polar surface area (TPSA) is 22.1 Å². The molecule has 0 amide bonds. The molecule has 0 unspecified atom stereocenters. The SMILES string of the molecule is COc1cccc2c1CC[C@H](Cc1ccncc1)C2. The molecule has 2 aromatic rings. The summed E-state index contributed by atoms with van der Waals surface area (Å²) in [4.78, 5) is 4.08. The Bertz CT molecular complexity index is 550. The van der Waals surface area contributed by atoms with E-state index in [1.807, 2.05) is 12.4 Å². The Kier molecular flexibility index (Phi) is 3.49. The van der Waals surface area contributed by atoms with Gasteiger partial charge >= 0.3 is 0 Å². The highest BCUT2D eigenvalue weighted by Crippen LogP contribution is 2.33. The van der Waals surface area contributed by atoms with Gasteiger partial charge in [-0.2, -0.15) is 0 Å². The maximum absolute atomic E-state index is 5.46. The number of rotatable bonds is 3. The average molecular weight is 253 g/mol. The molecule has 1 heterocycles. The lowest BCUT2D eigenvalue weighted by molar-refractivity contribution is 0.394. The van der Waals surface area contributed by atoms with Gasteiger partial charge in [0, 0.05) is 12.4 Å². The number of ether oxygens (including phenoxy) is 1. The lowest BCUT2D eigenvalue weighted by atomic mass is 9.80. The molecule has 1 aromatic carbocycles. The Labute approximate surface area is 114 Å². The van der Waals surface area contributed by atoms with E-state index in [2.05, 4.69) is 35.3 Å². The van der Waals surface area contributed by atoms with Crippen LogP contribution in [0.2, 0.25) is 0 Å². The van der Waals surface area contributed by atoms with Crippen LogP contribution in [0, 0.1) is 5.92 Å². The minimum Gasteiger partial charge on any atom is -0.496 e. The Morgan fingerprint density at radius 2 is 2.05 bits per heavy atom. The van der Waals surface area contributed by atoms with Crippen molar-refractivity contribution in [1.29, 1.82) is 0 Å². The fourth-order valence-corrected chi connectivity index (χ4v) is 3.07. The van der Waals surface area contributed by atoms with Gasteiger partial charge in [0.2, 0.25) is 0 Å². The maximum atomic E-state index is 5.46. The van der Waals surface area contributed by atoms with Gasteiger partial charge < -0.3 is 4.74 Å². The van der Waals surface area contributed by atoms with E-state index in [-0.39, 0.29) is 0 Å². The van der Waals surface area contributed by atoms with Gasteiger partial charge in [0.15, 0.2) is 0 Å². The first-order valence-corrected chi connectivity index (χ1v) is 6.90. The third-order valence-corrected chi connectivity index (χ3v) is 4.03. The molecule has 0 spiro atoms. The fraction of sp³-hybridized carbons (Fsp3) is 0.353. The molecular weight excluding hydrogens is 234 g/mol. The highest BCUT2D eigenvalue weighted by molar-refractivity contribution is 5.42. The van der Waals surface area contributed by atoms with Crippen LogP contribution in [0.25, 0.3) is 0 Å². The second-order valence-corrected chi connectivity index (χ2v) is 5.27. The molecule has 0 radical (unpaired) electrons. The highest BCUT2D eigenvalue weighted by atomic mass is 16.5. The molecule has 0 N–H and O–H groups in total. The highest BCUT2D eigenvalue weighted by Gasteiger charge is 2.21. The third-order valence-electron chi connectivity index (χ3n) is 4.03. The van der Waals surface area contributed by atoms with Gasteiger partial charge in [-0.15, -0.1) is 0 Å². The van der Waals surface area contributed by atoms with Crippen LogP contribution in [0.5, 0.6) is 5.75 Å². The average Bonchev–Trinajstić information content (AvgIpc) is 2.47. The normalized spacial score (nSPS) is 17.8. The van der Waals surface area contributed by atoms with Crippen LogP contribution in [0.15, 0.2) is 42.7 Å². The Balaban J connectivity index is 1.76. The van der Waals surface area contributed by atoms with Crippen LogP contribution in [0.3, 0.4) is 0 Å². The zero-order valence-corrected chi connectivity index (χ0v) is 11.3. The van der Waals surface area contributed by atoms with Gasteiger partial charge in [0.25, 0.3) is 0 Å². The molecule has 19 heavy (non-hydrogen) atoms. The van der Waals surface area contributed by atoms with Crippen LogP contribution in [-0.2, 0) is 19.3 Å². The third kappa shape index (κ3) is 2.62. The molecule has 0 aliphatic heterocycles. The number of pyridine rings is 1. The number of benzene rings is 1. The Morgan fingerprint density at radius 1 is 1.21 bits per heavy atom. The lowest BCUT2D eigenvalue weighted by Gasteiger charge is -2.26. The lowest BCUT2D eigenvalue weighted by Crippen LogP contribution is -2.17. The van der Waals surface area contributed by atoms with Crippen molar-refractivity contribution in [1.82, 2.24) is 4.98 Å². The summed E-state index contributed by atoms with van der Waals surface area (Å²) in [5.74, 6) is 1.79. The first-order chi connectivity index (χ1) is 9.36. The quantitative estimate of drug-likeness (QED) is 0.836. The summed E-state index contributed by atoms with van der Waals surface area (Å²) in [5, 5.41) is 0. The zero-order chi connectivity index (χ0) is 13.1. The van der Waals surface area contributed by atoms with Crippen LogP contribution in [-0.4, -0.2) is 12.1 Å². The van der Waals surface area contributed by atoms with Gasteiger partial charge in [-0.3, -0.25) is 4.98 Å². The van der Waals surface area contributed by atoms with Crippen molar-refractivity contribution in [3.8, 4) is 5.75 Å². The molecule has 98 valence electrons. The second kappa shape index (κ2) is 5.43. The monoisotopic (exact) mass is 253 g/mol. The van der Waals surface area contributed by atoms with E-state index >= 15 is 0 Å². The minimum atomic E-state index is 0.738. The van der Waals surface area contributed by atoms with Crippen molar-refractivity contribution in [3.05, 3.63) is 59.4 Å². The van der Waals surface area contributed by atoms with Crippen molar-refractivity contribution in [2.45, 2.75) is 25.7 Å². The maximum Gasteiger partial charge on any atom is 0.122 e. The Morgan fingerprint density at radius 3 is 2.84 bits per heavy atom. The first kappa shape index (κ1) is 12.2. The van der Waals surface area contributed by atoms with Gasteiger partial charge in [0.1, 0.15) is 5.75 Å². The number of methoxy groups -OCH3 is 1. The van der Waals surface area contributed by atoms with Gasteiger partial charge in [-0.25, -0.2) is 0 Å². The molecule has 0 fully saturated rings. The summed E-state index contributed by atoms with van der Waals surface area (Å²) in [6, 6.07) is 10.7. The number of aromatic nitrogens is 1. The molecule has 1 aliphatic carbocycles. The van der Waals surface area contributed by atoms with Crippen molar-refractivity contribution >= 4 is 0 Å². The summed E-state index contributed by atoms with van der Waals surface area (Å²) in [5.41, 5.74) is 4.27. The van der Waals surface area contributed by atoms with E-state index in [1.165, 1.54) is 23.1 Å². The summed E-state index contributed by atoms with van der Waals surface area (Å²) in [6.07, 6.45) is 8.46. The van der Waals surface area contributed by atoms with Crippen LogP contribution >= 0.6 is 0 Å². The molecule has 0 bridgehead atoms. The van der Waals surface area contributed by atoms with Crippen LogP contribution < -0.4 is 4.74 Å². The predicted octanol–water partition coefficient (Wildman–Crippen LogP) is 3.44. The van der Waals surface area contributed by atoms with E-state index in [0.29, 0.717) is 0 Å². The predicted molar refractivity (Wildman–Crippen MR) is 76.5 cm³/mol. The summed E-state index contributed by atoms with van der Waals surface area (Å²) >= 11 is 0. The number of nitrogens with zero attached hydrogens (tertiary/aromatic N) is 1. The second-order valence-electron chi connectivity index (χ2n) is 5.27. The van der Waals surface area contributed by atoms with E-state index < -0.39 is 0 Å². The molecule has 1 atom stereocenters. The van der Waals surface area contributed by atoms with E-state index in [1.54, 1.807) is 7.11 Å². The fourth-order valence-electron chi connectivity index (χ4n) is 3.07. The largest absolute Gasteiger partial charge is 0.496 e. The van der Waals surface area contributed by atoms with Gasteiger partial charge in [0.05, 0.1) is 7.11 Å². The molecule has 1 aliphatic rings. The minimum absolute atomic E-state index is 0.738. The summed E-state index contributed by atoms with van der Waals surface area (Å²) in [6.45, 7) is 0.